The van der Waals surface area contributed by atoms with Crippen molar-refractivity contribution in [3.05, 3.63) is 24.2 Å². The second-order valence-electron chi connectivity index (χ2n) is 4.76. The van der Waals surface area contributed by atoms with Crippen LogP contribution in [0.15, 0.2) is 22.8 Å². The van der Waals surface area contributed by atoms with Gasteiger partial charge in [0.25, 0.3) is 0 Å². The molecule has 1 aromatic heterocycles. The highest BCUT2D eigenvalue weighted by atomic mass is 16.4. The highest BCUT2D eigenvalue weighted by Crippen LogP contribution is 2.10. The molecule has 18 heavy (non-hydrogen) atoms. The van der Waals surface area contributed by atoms with Crippen LogP contribution in [0, 0.1) is 5.92 Å². The summed E-state index contributed by atoms with van der Waals surface area (Å²) in [6.07, 6.45) is 5.10. The highest BCUT2D eigenvalue weighted by molar-refractivity contribution is 5.69. The lowest BCUT2D eigenvalue weighted by Crippen LogP contribution is -2.32. The first-order chi connectivity index (χ1) is 8.63. The molecule has 0 spiro atoms. The number of carbonyl (C=O) groups is 1. The third-order valence-electron chi connectivity index (χ3n) is 2.99. The largest absolute Gasteiger partial charge is 0.481 e. The summed E-state index contributed by atoms with van der Waals surface area (Å²) in [6, 6.07) is 3.79. The zero-order valence-corrected chi connectivity index (χ0v) is 11.3. The third kappa shape index (κ3) is 5.36. The van der Waals surface area contributed by atoms with Crippen LogP contribution in [0.2, 0.25) is 0 Å². The van der Waals surface area contributed by atoms with Crippen LogP contribution in [0.4, 0.5) is 0 Å². The van der Waals surface area contributed by atoms with E-state index in [2.05, 4.69) is 11.8 Å². The number of unbranched alkanes of at least 4 members (excludes halogenated alkanes) is 2. The van der Waals surface area contributed by atoms with Crippen LogP contribution < -0.4 is 0 Å². The van der Waals surface area contributed by atoms with E-state index in [-0.39, 0.29) is 5.92 Å². The molecule has 1 aromatic rings. The van der Waals surface area contributed by atoms with Crippen LogP contribution in [0.3, 0.4) is 0 Å². The molecule has 0 bridgehead atoms. The number of hydrogen-bond donors (Lipinski definition) is 1. The van der Waals surface area contributed by atoms with Crippen LogP contribution in [0.5, 0.6) is 0 Å². The molecule has 0 saturated carbocycles. The van der Waals surface area contributed by atoms with Crippen molar-refractivity contribution in [3.8, 4) is 0 Å². The van der Waals surface area contributed by atoms with Gasteiger partial charge in [-0.25, -0.2) is 0 Å². The van der Waals surface area contributed by atoms with Gasteiger partial charge in [-0.05, 0) is 25.1 Å². The number of furan rings is 1. The average molecular weight is 253 g/mol. The monoisotopic (exact) mass is 253 g/mol. The lowest BCUT2D eigenvalue weighted by atomic mass is 10.1. The number of rotatable bonds is 9. The molecule has 0 aliphatic heterocycles. The van der Waals surface area contributed by atoms with Gasteiger partial charge < -0.3 is 9.52 Å². The molecule has 0 aromatic carbocycles. The van der Waals surface area contributed by atoms with E-state index in [0.29, 0.717) is 13.1 Å². The van der Waals surface area contributed by atoms with Gasteiger partial charge in [-0.2, -0.15) is 0 Å². The number of aliphatic carboxylic acids is 1. The number of carboxylic acids is 1. The zero-order chi connectivity index (χ0) is 13.4. The molecular formula is C14H23NO3. The number of carboxylic acid groups (broad SMARTS) is 1. The Kier molecular flexibility index (Phi) is 6.50. The highest BCUT2D eigenvalue weighted by Gasteiger charge is 2.16. The van der Waals surface area contributed by atoms with E-state index in [1.807, 2.05) is 12.1 Å². The van der Waals surface area contributed by atoms with Gasteiger partial charge in [-0.1, -0.05) is 26.7 Å². The molecule has 0 radical (unpaired) electrons. The van der Waals surface area contributed by atoms with Gasteiger partial charge in [-0.3, -0.25) is 9.69 Å². The fourth-order valence-corrected chi connectivity index (χ4v) is 1.91. The third-order valence-corrected chi connectivity index (χ3v) is 2.99. The molecule has 1 heterocycles. The van der Waals surface area contributed by atoms with Gasteiger partial charge in [0.2, 0.25) is 0 Å². The van der Waals surface area contributed by atoms with Crippen LogP contribution in [0.25, 0.3) is 0 Å². The minimum Gasteiger partial charge on any atom is -0.481 e. The van der Waals surface area contributed by atoms with Gasteiger partial charge in [-0.15, -0.1) is 0 Å². The minimum absolute atomic E-state index is 0.346. The van der Waals surface area contributed by atoms with E-state index >= 15 is 0 Å². The fourth-order valence-electron chi connectivity index (χ4n) is 1.91. The number of nitrogens with zero attached hydrogens (tertiary/aromatic N) is 1. The molecule has 102 valence electrons. The molecule has 1 atom stereocenters. The normalized spacial score (nSPS) is 12.8. The SMILES string of the molecule is CCCCCN(Cc1ccco1)CC(C)C(=O)O. The summed E-state index contributed by atoms with van der Waals surface area (Å²) in [5.41, 5.74) is 0. The van der Waals surface area contributed by atoms with Crippen molar-refractivity contribution in [2.24, 2.45) is 5.92 Å². The van der Waals surface area contributed by atoms with Crippen molar-refractivity contribution in [1.82, 2.24) is 4.90 Å². The van der Waals surface area contributed by atoms with Crippen molar-refractivity contribution in [1.29, 1.82) is 0 Å². The molecule has 0 aliphatic carbocycles. The smallest absolute Gasteiger partial charge is 0.307 e. The zero-order valence-electron chi connectivity index (χ0n) is 11.3. The van der Waals surface area contributed by atoms with Crippen molar-refractivity contribution >= 4 is 5.97 Å². The summed E-state index contributed by atoms with van der Waals surface area (Å²) in [6.45, 7) is 6.09. The van der Waals surface area contributed by atoms with E-state index in [0.717, 1.165) is 18.7 Å². The van der Waals surface area contributed by atoms with E-state index in [4.69, 9.17) is 9.52 Å². The molecular weight excluding hydrogens is 230 g/mol. The van der Waals surface area contributed by atoms with Gasteiger partial charge in [0.15, 0.2) is 0 Å². The second-order valence-corrected chi connectivity index (χ2v) is 4.76. The van der Waals surface area contributed by atoms with Crippen LogP contribution in [-0.2, 0) is 11.3 Å². The standard InChI is InChI=1S/C14H23NO3/c1-3-4-5-8-15(10-12(2)14(16)17)11-13-7-6-9-18-13/h6-7,9,12H,3-5,8,10-11H2,1-2H3,(H,16,17). The van der Waals surface area contributed by atoms with Crippen molar-refractivity contribution in [2.75, 3.05) is 13.1 Å². The molecule has 1 unspecified atom stereocenters. The lowest BCUT2D eigenvalue weighted by molar-refractivity contribution is -0.141. The second kappa shape index (κ2) is 7.93. The predicted molar refractivity (Wildman–Crippen MR) is 70.3 cm³/mol. The Morgan fingerprint density at radius 1 is 1.50 bits per heavy atom. The molecule has 4 nitrogen and oxygen atoms in total. The number of hydrogen-bond acceptors (Lipinski definition) is 3. The van der Waals surface area contributed by atoms with Gasteiger partial charge in [0, 0.05) is 6.54 Å². The Morgan fingerprint density at radius 2 is 2.28 bits per heavy atom. The first-order valence-corrected chi connectivity index (χ1v) is 6.61. The van der Waals surface area contributed by atoms with Gasteiger partial charge >= 0.3 is 5.97 Å². The molecule has 0 aliphatic rings. The Labute approximate surface area is 109 Å². The Hall–Kier alpha value is -1.29. The molecule has 1 rings (SSSR count). The minimum atomic E-state index is -0.741. The fraction of sp³-hybridized carbons (Fsp3) is 0.643. The van der Waals surface area contributed by atoms with Crippen LogP contribution >= 0.6 is 0 Å². The van der Waals surface area contributed by atoms with Crippen LogP contribution in [0.1, 0.15) is 38.9 Å². The summed E-state index contributed by atoms with van der Waals surface area (Å²) in [5.74, 6) is -0.194. The molecule has 0 fully saturated rings. The van der Waals surface area contributed by atoms with E-state index in [1.54, 1.807) is 13.2 Å². The quantitative estimate of drug-likeness (QED) is 0.687. The maximum absolute atomic E-state index is 10.9. The summed E-state index contributed by atoms with van der Waals surface area (Å²) >= 11 is 0. The van der Waals surface area contributed by atoms with Crippen molar-refractivity contribution < 1.29 is 14.3 Å². The van der Waals surface area contributed by atoms with E-state index in [1.165, 1.54) is 12.8 Å². The van der Waals surface area contributed by atoms with Gasteiger partial charge in [0.05, 0.1) is 18.7 Å². The molecule has 0 amide bonds. The molecule has 1 N–H and O–H groups in total. The summed E-state index contributed by atoms with van der Waals surface area (Å²) in [5, 5.41) is 8.98. The predicted octanol–water partition coefficient (Wildman–Crippen LogP) is 2.99. The molecule has 0 saturated heterocycles. The van der Waals surface area contributed by atoms with Crippen molar-refractivity contribution in [2.45, 2.75) is 39.7 Å². The van der Waals surface area contributed by atoms with Gasteiger partial charge in [0.1, 0.15) is 5.76 Å². The van der Waals surface area contributed by atoms with Crippen molar-refractivity contribution in [3.63, 3.8) is 0 Å². The Morgan fingerprint density at radius 3 is 2.83 bits per heavy atom. The van der Waals surface area contributed by atoms with E-state index in [9.17, 15) is 4.79 Å². The maximum atomic E-state index is 10.9. The first-order valence-electron chi connectivity index (χ1n) is 6.61. The maximum Gasteiger partial charge on any atom is 0.307 e. The van der Waals surface area contributed by atoms with Crippen LogP contribution in [-0.4, -0.2) is 29.1 Å². The summed E-state index contributed by atoms with van der Waals surface area (Å²) in [4.78, 5) is 13.1. The summed E-state index contributed by atoms with van der Waals surface area (Å²) in [7, 11) is 0. The first kappa shape index (κ1) is 14.8. The molecule has 4 heteroatoms. The Balaban J connectivity index is 2.48. The Bertz CT molecular complexity index is 335. The summed E-state index contributed by atoms with van der Waals surface area (Å²) < 4.78 is 5.32. The van der Waals surface area contributed by atoms with E-state index < -0.39 is 5.97 Å². The lowest BCUT2D eigenvalue weighted by Gasteiger charge is -2.23. The average Bonchev–Trinajstić information content (AvgIpc) is 2.81. The topological polar surface area (TPSA) is 53.7 Å².